The van der Waals surface area contributed by atoms with Gasteiger partial charge in [-0.3, -0.25) is 0 Å². The second kappa shape index (κ2) is 7.98. The van der Waals surface area contributed by atoms with Gasteiger partial charge in [-0.05, 0) is 59.5 Å². The molecule has 1 aromatic heterocycles. The first-order valence-corrected chi connectivity index (χ1v) is 7.02. The van der Waals surface area contributed by atoms with Gasteiger partial charge >= 0.3 is 0 Å². The van der Waals surface area contributed by atoms with Gasteiger partial charge in [-0.1, -0.05) is 12.1 Å². The van der Waals surface area contributed by atoms with Gasteiger partial charge in [-0.25, -0.2) is 4.98 Å². The third-order valence-electron chi connectivity index (χ3n) is 3.73. The summed E-state index contributed by atoms with van der Waals surface area (Å²) in [5.74, 6) is 0.510. The minimum atomic E-state index is 0. The van der Waals surface area contributed by atoms with Crippen LogP contribution in [0.15, 0.2) is 42.5 Å². The van der Waals surface area contributed by atoms with Crippen molar-refractivity contribution in [2.24, 2.45) is 5.73 Å². The Labute approximate surface area is 153 Å². The summed E-state index contributed by atoms with van der Waals surface area (Å²) in [6, 6.07) is 15.8. The Balaban J connectivity index is 0.00000144. The van der Waals surface area contributed by atoms with Gasteiger partial charge in [0, 0.05) is 11.9 Å². The number of nitrogens with two attached hydrogens (primary N) is 2. The molecule has 24 heavy (non-hydrogen) atoms. The molecule has 2 aromatic carbocycles. The van der Waals surface area contributed by atoms with Crippen molar-refractivity contribution >= 4 is 41.5 Å². The topological polar surface area (TPSA) is 88.7 Å². The van der Waals surface area contributed by atoms with Gasteiger partial charge in [0.15, 0.2) is 0 Å². The Morgan fingerprint density at radius 3 is 2.46 bits per heavy atom. The number of fused-ring (bicyclic) bond motifs is 1. The summed E-state index contributed by atoms with van der Waals surface area (Å²) in [4.78, 5) is 4.40. The van der Waals surface area contributed by atoms with E-state index in [2.05, 4.69) is 11.1 Å². The molecule has 0 bridgehead atoms. The van der Waals surface area contributed by atoms with Crippen LogP contribution in [0.25, 0.3) is 22.0 Å². The quantitative estimate of drug-likeness (QED) is 0.723. The lowest BCUT2D eigenvalue weighted by Gasteiger charge is -2.08. The lowest BCUT2D eigenvalue weighted by Crippen LogP contribution is -1.97. The van der Waals surface area contributed by atoms with Crippen LogP contribution in [0, 0.1) is 18.3 Å². The Kier molecular flexibility index (Phi) is 6.56. The molecule has 4 nitrogen and oxygen atoms in total. The Morgan fingerprint density at radius 1 is 1.04 bits per heavy atom. The first-order chi connectivity index (χ1) is 10.6. The molecule has 4 N–H and O–H groups in total. The molecule has 3 rings (SSSR count). The van der Waals surface area contributed by atoms with Crippen molar-refractivity contribution in [3.8, 4) is 17.2 Å². The van der Waals surface area contributed by atoms with Gasteiger partial charge in [0.1, 0.15) is 5.82 Å². The number of hydrogen-bond donors (Lipinski definition) is 2. The SMILES string of the molecule is Cc1cc(N)nc2cc(-c3cc(C#N)cc(CN)c3)ccc12.Cl.Cl. The molecule has 0 fully saturated rings. The minimum Gasteiger partial charge on any atom is -0.384 e. The summed E-state index contributed by atoms with van der Waals surface area (Å²) >= 11 is 0. The smallest absolute Gasteiger partial charge is 0.124 e. The standard InChI is InChI=1S/C18H16N4.2ClH/c1-11-4-18(21)22-17-8-14(2-3-16(11)17)15-6-12(9-19)5-13(7-15)10-20;;/h2-8H,9,19H2,1H3,(H2,21,22);2*1H. The molecule has 3 aromatic rings. The third kappa shape index (κ3) is 3.77. The highest BCUT2D eigenvalue weighted by molar-refractivity contribution is 5.88. The van der Waals surface area contributed by atoms with Crippen LogP contribution in [0.5, 0.6) is 0 Å². The number of rotatable bonds is 2. The van der Waals surface area contributed by atoms with E-state index >= 15 is 0 Å². The van der Waals surface area contributed by atoms with E-state index in [9.17, 15) is 0 Å². The zero-order valence-electron chi connectivity index (χ0n) is 13.1. The summed E-state index contributed by atoms with van der Waals surface area (Å²) in [5, 5.41) is 10.2. The molecule has 0 radical (unpaired) electrons. The van der Waals surface area contributed by atoms with Crippen LogP contribution in [-0.4, -0.2) is 4.98 Å². The average Bonchev–Trinajstić information content (AvgIpc) is 2.53. The summed E-state index contributed by atoms with van der Waals surface area (Å²) in [7, 11) is 0. The number of hydrogen-bond acceptors (Lipinski definition) is 4. The van der Waals surface area contributed by atoms with Gasteiger partial charge in [0.2, 0.25) is 0 Å². The van der Waals surface area contributed by atoms with Crippen LogP contribution in [0.1, 0.15) is 16.7 Å². The van der Waals surface area contributed by atoms with Gasteiger partial charge < -0.3 is 11.5 Å². The Bertz CT molecular complexity index is 917. The molecule has 0 amide bonds. The van der Waals surface area contributed by atoms with Crippen LogP contribution in [-0.2, 0) is 6.54 Å². The number of anilines is 1. The third-order valence-corrected chi connectivity index (χ3v) is 3.73. The van der Waals surface area contributed by atoms with Gasteiger partial charge in [0.25, 0.3) is 0 Å². The number of aryl methyl sites for hydroxylation is 1. The molecule has 1 heterocycles. The Morgan fingerprint density at radius 2 is 1.79 bits per heavy atom. The zero-order chi connectivity index (χ0) is 15.7. The maximum atomic E-state index is 9.15. The molecule has 0 atom stereocenters. The van der Waals surface area contributed by atoms with E-state index in [0.717, 1.165) is 33.2 Å². The second-order valence-corrected chi connectivity index (χ2v) is 5.33. The fourth-order valence-corrected chi connectivity index (χ4v) is 2.65. The highest BCUT2D eigenvalue weighted by Crippen LogP contribution is 2.27. The van der Waals surface area contributed by atoms with Crippen LogP contribution in [0.3, 0.4) is 0 Å². The van der Waals surface area contributed by atoms with Crippen molar-refractivity contribution in [3.63, 3.8) is 0 Å². The molecule has 0 aliphatic rings. The minimum absolute atomic E-state index is 0. The molecule has 0 spiro atoms. The molecule has 0 saturated carbocycles. The predicted octanol–water partition coefficient (Wildman–Crippen LogP) is 3.97. The zero-order valence-corrected chi connectivity index (χ0v) is 14.7. The van der Waals surface area contributed by atoms with E-state index in [1.807, 2.05) is 49.4 Å². The fourth-order valence-electron chi connectivity index (χ4n) is 2.65. The maximum absolute atomic E-state index is 9.15. The largest absolute Gasteiger partial charge is 0.384 e. The first kappa shape index (κ1) is 19.7. The van der Waals surface area contributed by atoms with Crippen molar-refractivity contribution in [2.45, 2.75) is 13.5 Å². The first-order valence-electron chi connectivity index (χ1n) is 7.02. The van der Waals surface area contributed by atoms with Crippen molar-refractivity contribution < 1.29 is 0 Å². The van der Waals surface area contributed by atoms with Crippen molar-refractivity contribution in [1.82, 2.24) is 4.98 Å². The van der Waals surface area contributed by atoms with Crippen LogP contribution in [0.4, 0.5) is 5.82 Å². The summed E-state index contributed by atoms with van der Waals surface area (Å²) in [6.45, 7) is 2.42. The van der Waals surface area contributed by atoms with E-state index < -0.39 is 0 Å². The van der Waals surface area contributed by atoms with Crippen molar-refractivity contribution in [2.75, 3.05) is 5.73 Å². The number of benzene rings is 2. The van der Waals surface area contributed by atoms with Crippen molar-refractivity contribution in [1.29, 1.82) is 5.26 Å². The van der Waals surface area contributed by atoms with Crippen LogP contribution in [0.2, 0.25) is 0 Å². The highest BCUT2D eigenvalue weighted by atomic mass is 35.5. The number of aromatic nitrogens is 1. The average molecular weight is 361 g/mol. The number of halogens is 2. The molecule has 0 aliphatic carbocycles. The number of pyridine rings is 1. The lowest BCUT2D eigenvalue weighted by atomic mass is 9.98. The van der Waals surface area contributed by atoms with E-state index in [1.165, 1.54) is 0 Å². The van der Waals surface area contributed by atoms with Gasteiger partial charge in [0.05, 0.1) is 17.1 Å². The molecule has 6 heteroatoms. The molecule has 124 valence electrons. The molecular formula is C18H18Cl2N4. The number of nitrogens with zero attached hydrogens (tertiary/aromatic N) is 2. The second-order valence-electron chi connectivity index (χ2n) is 5.33. The Hall–Kier alpha value is -2.32. The predicted molar refractivity (Wildman–Crippen MR) is 103 cm³/mol. The van der Waals surface area contributed by atoms with Gasteiger partial charge in [-0.2, -0.15) is 5.26 Å². The van der Waals surface area contributed by atoms with E-state index in [4.69, 9.17) is 16.7 Å². The fraction of sp³-hybridized carbons (Fsp3) is 0.111. The summed E-state index contributed by atoms with van der Waals surface area (Å²) in [6.07, 6.45) is 0. The number of nitriles is 1. The highest BCUT2D eigenvalue weighted by Gasteiger charge is 2.06. The summed E-state index contributed by atoms with van der Waals surface area (Å²) < 4.78 is 0. The van der Waals surface area contributed by atoms with E-state index in [-0.39, 0.29) is 24.8 Å². The monoisotopic (exact) mass is 360 g/mol. The molecule has 0 saturated heterocycles. The summed E-state index contributed by atoms with van der Waals surface area (Å²) in [5.41, 5.74) is 17.0. The van der Waals surface area contributed by atoms with E-state index in [0.29, 0.717) is 17.9 Å². The lowest BCUT2D eigenvalue weighted by molar-refractivity contribution is 1.07. The van der Waals surface area contributed by atoms with Gasteiger partial charge in [-0.15, -0.1) is 24.8 Å². The normalized spacial score (nSPS) is 9.71. The molecular weight excluding hydrogens is 343 g/mol. The molecule has 0 unspecified atom stereocenters. The number of nitrogen functional groups attached to an aromatic ring is 1. The van der Waals surface area contributed by atoms with Crippen LogP contribution >= 0.6 is 24.8 Å². The molecule has 0 aliphatic heterocycles. The van der Waals surface area contributed by atoms with Crippen LogP contribution < -0.4 is 11.5 Å². The van der Waals surface area contributed by atoms with Crippen molar-refractivity contribution in [3.05, 3.63) is 59.2 Å². The maximum Gasteiger partial charge on any atom is 0.124 e. The van der Waals surface area contributed by atoms with E-state index in [1.54, 1.807) is 0 Å².